The second-order valence-corrected chi connectivity index (χ2v) is 5.14. The highest BCUT2D eigenvalue weighted by atomic mass is 79.9. The Bertz CT molecular complexity index is 404. The maximum atomic E-state index is 12.4. The van der Waals surface area contributed by atoms with Crippen molar-refractivity contribution in [3.63, 3.8) is 0 Å². The summed E-state index contributed by atoms with van der Waals surface area (Å²) in [5.41, 5.74) is 0.674. The minimum absolute atomic E-state index is 0.0104. The number of amides is 1. The second kappa shape index (κ2) is 5.65. The first-order valence-corrected chi connectivity index (χ1v) is 6.69. The van der Waals surface area contributed by atoms with Crippen LogP contribution in [0.5, 0.6) is 0 Å². The predicted molar refractivity (Wildman–Crippen MR) is 69.9 cm³/mol. The fourth-order valence-corrected chi connectivity index (χ4v) is 2.50. The normalized spacial score (nSPS) is 15.4. The smallest absolute Gasteiger partial charge is 0.255 e. The minimum atomic E-state index is 0.0104. The molecule has 1 aromatic carbocycles. The van der Waals surface area contributed by atoms with Gasteiger partial charge in [-0.3, -0.25) is 4.79 Å². The average molecular weight is 298 g/mol. The summed E-state index contributed by atoms with van der Waals surface area (Å²) in [6, 6.07) is 7.73. The lowest BCUT2D eigenvalue weighted by Crippen LogP contribution is -2.45. The number of carbonyl (C=O) groups excluding carboxylic acids is 1. The molecular formula is C13H16BrNO2. The second-order valence-electron chi connectivity index (χ2n) is 4.29. The lowest BCUT2D eigenvalue weighted by Gasteiger charge is -2.37. The molecule has 92 valence electrons. The largest absolute Gasteiger partial charge is 0.395 e. The number of rotatable bonds is 4. The first-order chi connectivity index (χ1) is 8.24. The van der Waals surface area contributed by atoms with E-state index in [2.05, 4.69) is 15.9 Å². The van der Waals surface area contributed by atoms with Gasteiger partial charge in [-0.25, -0.2) is 0 Å². The average Bonchev–Trinajstić information content (AvgIpc) is 2.26. The fraction of sp³-hybridized carbons (Fsp3) is 0.462. The third-order valence-electron chi connectivity index (χ3n) is 3.22. The lowest BCUT2D eigenvalue weighted by atomic mass is 9.91. The van der Waals surface area contributed by atoms with Crippen molar-refractivity contribution < 1.29 is 9.90 Å². The Labute approximate surface area is 110 Å². The number of nitrogens with zero attached hydrogens (tertiary/aromatic N) is 1. The number of carbonyl (C=O) groups is 1. The number of aliphatic hydroxyl groups is 1. The van der Waals surface area contributed by atoms with Crippen molar-refractivity contribution in [2.45, 2.75) is 25.3 Å². The Kier molecular flexibility index (Phi) is 4.18. The van der Waals surface area contributed by atoms with Gasteiger partial charge in [-0.2, -0.15) is 0 Å². The van der Waals surface area contributed by atoms with E-state index in [4.69, 9.17) is 5.11 Å². The molecule has 1 aromatic rings. The molecule has 0 aromatic heterocycles. The molecule has 1 fully saturated rings. The zero-order chi connectivity index (χ0) is 12.3. The van der Waals surface area contributed by atoms with Gasteiger partial charge in [0.2, 0.25) is 0 Å². The van der Waals surface area contributed by atoms with Crippen molar-refractivity contribution in [2.24, 2.45) is 0 Å². The van der Waals surface area contributed by atoms with E-state index >= 15 is 0 Å². The predicted octanol–water partition coefficient (Wildman–Crippen LogP) is 2.44. The Morgan fingerprint density at radius 2 is 2.12 bits per heavy atom. The van der Waals surface area contributed by atoms with E-state index in [0.29, 0.717) is 18.2 Å². The third kappa shape index (κ3) is 2.69. The molecule has 0 saturated heterocycles. The third-order valence-corrected chi connectivity index (χ3v) is 3.91. The molecule has 0 unspecified atom stereocenters. The standard InChI is InChI=1S/C13H16BrNO2/c14-12-7-2-1-6-11(12)13(17)15(8-9-16)10-4-3-5-10/h1-2,6-7,10,16H,3-5,8-9H2. The molecule has 2 rings (SSSR count). The van der Waals surface area contributed by atoms with E-state index in [1.807, 2.05) is 24.3 Å². The quantitative estimate of drug-likeness (QED) is 0.927. The number of halogens is 1. The van der Waals surface area contributed by atoms with E-state index in [1.165, 1.54) is 6.42 Å². The van der Waals surface area contributed by atoms with Crippen LogP contribution in [0.25, 0.3) is 0 Å². The van der Waals surface area contributed by atoms with Gasteiger partial charge in [-0.1, -0.05) is 12.1 Å². The van der Waals surface area contributed by atoms with Crippen LogP contribution in [0.4, 0.5) is 0 Å². The summed E-state index contributed by atoms with van der Waals surface area (Å²) in [4.78, 5) is 14.2. The topological polar surface area (TPSA) is 40.5 Å². The van der Waals surface area contributed by atoms with Crippen LogP contribution >= 0.6 is 15.9 Å². The molecule has 0 aliphatic heterocycles. The summed E-state index contributed by atoms with van der Waals surface area (Å²) in [6.07, 6.45) is 3.28. The maximum absolute atomic E-state index is 12.4. The molecule has 0 radical (unpaired) electrons. The summed E-state index contributed by atoms with van der Waals surface area (Å²) in [5.74, 6) is 0.0104. The van der Waals surface area contributed by atoms with Gasteiger partial charge < -0.3 is 10.0 Å². The van der Waals surface area contributed by atoms with Gasteiger partial charge in [0.25, 0.3) is 5.91 Å². The summed E-state index contributed by atoms with van der Waals surface area (Å²) < 4.78 is 0.812. The van der Waals surface area contributed by atoms with Gasteiger partial charge in [-0.15, -0.1) is 0 Å². The van der Waals surface area contributed by atoms with Gasteiger partial charge >= 0.3 is 0 Å². The Hall–Kier alpha value is -0.870. The van der Waals surface area contributed by atoms with E-state index in [-0.39, 0.29) is 12.5 Å². The summed E-state index contributed by atoms with van der Waals surface area (Å²) >= 11 is 3.40. The van der Waals surface area contributed by atoms with Crippen LogP contribution in [0.3, 0.4) is 0 Å². The van der Waals surface area contributed by atoms with Crippen molar-refractivity contribution in [3.05, 3.63) is 34.3 Å². The minimum Gasteiger partial charge on any atom is -0.395 e. The van der Waals surface area contributed by atoms with Gasteiger partial charge in [-0.05, 0) is 47.3 Å². The van der Waals surface area contributed by atoms with Crippen molar-refractivity contribution >= 4 is 21.8 Å². The SMILES string of the molecule is O=C(c1ccccc1Br)N(CCO)C1CCC1. The zero-order valence-corrected chi connectivity index (χ0v) is 11.2. The summed E-state index contributed by atoms with van der Waals surface area (Å²) in [6.45, 7) is 0.442. The van der Waals surface area contributed by atoms with E-state index in [1.54, 1.807) is 4.90 Å². The van der Waals surface area contributed by atoms with E-state index in [9.17, 15) is 4.79 Å². The molecular weight excluding hydrogens is 282 g/mol. The first-order valence-electron chi connectivity index (χ1n) is 5.90. The highest BCUT2D eigenvalue weighted by molar-refractivity contribution is 9.10. The van der Waals surface area contributed by atoms with Crippen LogP contribution < -0.4 is 0 Å². The molecule has 0 bridgehead atoms. The van der Waals surface area contributed by atoms with Gasteiger partial charge in [0, 0.05) is 17.1 Å². The number of benzene rings is 1. The molecule has 1 aliphatic rings. The molecule has 1 saturated carbocycles. The van der Waals surface area contributed by atoms with Crippen LogP contribution in [-0.4, -0.2) is 35.1 Å². The number of hydrogen-bond acceptors (Lipinski definition) is 2. The molecule has 1 amide bonds. The van der Waals surface area contributed by atoms with Crippen molar-refractivity contribution in [2.75, 3.05) is 13.2 Å². The van der Waals surface area contributed by atoms with E-state index < -0.39 is 0 Å². The molecule has 1 aliphatic carbocycles. The summed E-state index contributed by atoms with van der Waals surface area (Å²) in [5, 5.41) is 9.06. The molecule has 0 spiro atoms. The van der Waals surface area contributed by atoms with Gasteiger partial charge in [0.1, 0.15) is 0 Å². The van der Waals surface area contributed by atoms with E-state index in [0.717, 1.165) is 17.3 Å². The molecule has 1 N–H and O–H groups in total. The molecule has 0 atom stereocenters. The molecule has 0 heterocycles. The van der Waals surface area contributed by atoms with Crippen LogP contribution in [0, 0.1) is 0 Å². The highest BCUT2D eigenvalue weighted by Gasteiger charge is 2.29. The Balaban J connectivity index is 2.18. The molecule has 4 heteroatoms. The Morgan fingerprint density at radius 3 is 2.65 bits per heavy atom. The fourth-order valence-electron chi connectivity index (χ4n) is 2.05. The highest BCUT2D eigenvalue weighted by Crippen LogP contribution is 2.27. The molecule has 17 heavy (non-hydrogen) atoms. The van der Waals surface area contributed by atoms with Crippen molar-refractivity contribution in [1.29, 1.82) is 0 Å². The van der Waals surface area contributed by atoms with Crippen LogP contribution in [-0.2, 0) is 0 Å². The maximum Gasteiger partial charge on any atom is 0.255 e. The van der Waals surface area contributed by atoms with Crippen molar-refractivity contribution in [1.82, 2.24) is 4.90 Å². The summed E-state index contributed by atoms with van der Waals surface area (Å²) in [7, 11) is 0. The van der Waals surface area contributed by atoms with Crippen molar-refractivity contribution in [3.8, 4) is 0 Å². The van der Waals surface area contributed by atoms with Crippen LogP contribution in [0.2, 0.25) is 0 Å². The Morgan fingerprint density at radius 1 is 1.41 bits per heavy atom. The van der Waals surface area contributed by atoms with Crippen LogP contribution in [0.15, 0.2) is 28.7 Å². The number of hydrogen-bond donors (Lipinski definition) is 1. The zero-order valence-electron chi connectivity index (χ0n) is 9.60. The molecule has 3 nitrogen and oxygen atoms in total. The van der Waals surface area contributed by atoms with Gasteiger partial charge in [0.05, 0.1) is 12.2 Å². The monoisotopic (exact) mass is 297 g/mol. The first kappa shape index (κ1) is 12.6. The van der Waals surface area contributed by atoms with Crippen LogP contribution in [0.1, 0.15) is 29.6 Å². The lowest BCUT2D eigenvalue weighted by molar-refractivity contribution is 0.0525. The van der Waals surface area contributed by atoms with Gasteiger partial charge in [0.15, 0.2) is 0 Å². The number of aliphatic hydroxyl groups excluding tert-OH is 1.